The van der Waals surface area contributed by atoms with Crippen LogP contribution in [0.5, 0.6) is 0 Å². The molecule has 1 amide bonds. The van der Waals surface area contributed by atoms with E-state index in [0.717, 1.165) is 62.5 Å². The van der Waals surface area contributed by atoms with Crippen molar-refractivity contribution in [1.29, 1.82) is 0 Å². The maximum absolute atomic E-state index is 14.2. The molecular formula is C47H67CeMoNO5-2. The van der Waals surface area contributed by atoms with E-state index >= 15 is 0 Å². The van der Waals surface area contributed by atoms with Crippen molar-refractivity contribution in [3.05, 3.63) is 47.0 Å². The molecule has 4 saturated carbocycles. The number of hydrogen-bond acceptors (Lipinski definition) is 5. The molecule has 10 atom stereocenters. The van der Waals surface area contributed by atoms with E-state index in [4.69, 9.17) is 4.74 Å². The number of allylic oxidation sites excluding steroid dienone is 2. The van der Waals surface area contributed by atoms with Crippen LogP contribution in [-0.2, 0) is 45.0 Å². The Morgan fingerprint density at radius 3 is 2.20 bits per heavy atom. The van der Waals surface area contributed by atoms with Gasteiger partial charge in [0.2, 0.25) is 5.91 Å². The van der Waals surface area contributed by atoms with Crippen molar-refractivity contribution in [2.75, 3.05) is 0 Å². The van der Waals surface area contributed by atoms with E-state index in [1.165, 1.54) is 5.57 Å². The van der Waals surface area contributed by atoms with E-state index in [2.05, 4.69) is 66.8 Å². The molecule has 2 unspecified atom stereocenters. The number of ether oxygens (including phenoxy) is 1. The molecule has 5 aliphatic rings. The summed E-state index contributed by atoms with van der Waals surface area (Å²) in [7, 11) is 0. The predicted octanol–water partition coefficient (Wildman–Crippen LogP) is 10.1. The minimum atomic E-state index is -0.846. The fourth-order valence-corrected chi connectivity index (χ4v) is 13.6. The summed E-state index contributed by atoms with van der Waals surface area (Å²) in [6.45, 7) is 24.5. The second-order valence-electron chi connectivity index (χ2n) is 20.6. The maximum Gasteiger partial charge on any atom is 0.304 e. The van der Waals surface area contributed by atoms with Gasteiger partial charge in [-0.3, -0.25) is 20.7 Å². The van der Waals surface area contributed by atoms with Crippen LogP contribution in [0.15, 0.2) is 35.4 Å². The van der Waals surface area contributed by atoms with Crippen molar-refractivity contribution in [2.45, 2.75) is 159 Å². The quantitative estimate of drug-likeness (QED) is 0.143. The smallest absolute Gasteiger partial charge is 0.304 e. The van der Waals surface area contributed by atoms with Crippen LogP contribution < -0.4 is 5.32 Å². The van der Waals surface area contributed by atoms with Crippen molar-refractivity contribution in [3.8, 4) is 0 Å². The maximum atomic E-state index is 14.2. The van der Waals surface area contributed by atoms with Gasteiger partial charge in [-0.1, -0.05) is 74.8 Å². The number of esters is 1. The molecule has 6 nitrogen and oxygen atoms in total. The topological polar surface area (TPSA) is 89.5 Å². The Hall–Kier alpha value is -0.695. The molecule has 5 aliphatic carbocycles. The molecule has 0 heterocycles. The Bertz CT molecular complexity index is 1650. The third-order valence-corrected chi connectivity index (χ3v) is 16.6. The van der Waals surface area contributed by atoms with E-state index in [1.807, 2.05) is 37.5 Å². The fourth-order valence-electron chi connectivity index (χ4n) is 13.6. The van der Waals surface area contributed by atoms with Gasteiger partial charge >= 0.3 is 5.97 Å². The van der Waals surface area contributed by atoms with Gasteiger partial charge in [0.15, 0.2) is 5.78 Å². The van der Waals surface area contributed by atoms with Gasteiger partial charge in [0.05, 0.1) is 0 Å². The molecule has 55 heavy (non-hydrogen) atoms. The van der Waals surface area contributed by atoms with E-state index in [1.54, 1.807) is 13.8 Å². The van der Waals surface area contributed by atoms with Crippen LogP contribution >= 0.6 is 0 Å². The van der Waals surface area contributed by atoms with Crippen molar-refractivity contribution < 1.29 is 86.7 Å². The molecule has 1 aromatic carbocycles. The molecule has 0 spiro atoms. The SMILES string of the molecule is CC(C)C1=C2[C@H]3CC[C@@H]4[C@@]5(C)CC[C@H](OC(=O)CC(C)(C)[C-]=O)C(C)(C)C5CC[C@@]4(C)[C@]3(C)CC[C@@]2(C(C)CC(=O)N[C@@H](C)c2cc[c-]cc2)CC1=O.[Ce].[Mo]. The number of carbonyl (C=O) groups excluding carboxylic acids is 4. The standard InChI is InChI=1S/C47H67NO5.Ce.Mo/c1-29(2)40-34(50)26-47(30(3)25-38(51)48-31(4)32-15-13-12-14-16-32)24-23-45(10)33(41(40)47)17-18-36-44(9)21-20-37(53-39(52)27-42(5,6)28-49)43(7,8)35(44)19-22-46(36,45)11;;/h13-16,29-31,33,35-37H,17-27H2,1-11H3,(H,48,51);;/q-2;;/t30?,31-,33+,35?,36+,37-,44-,45+,46+,47-;;/m0../s1. The first-order valence-electron chi connectivity index (χ1n) is 20.8. The summed E-state index contributed by atoms with van der Waals surface area (Å²) in [5.41, 5.74) is 2.51. The van der Waals surface area contributed by atoms with E-state index in [0.29, 0.717) is 36.4 Å². The first kappa shape index (κ1) is 47.0. The van der Waals surface area contributed by atoms with Crippen LogP contribution in [0, 0.1) is 110 Å². The number of nitrogens with one attached hydrogen (secondary N) is 1. The van der Waals surface area contributed by atoms with Gasteiger partial charge in [-0.05, 0) is 110 Å². The van der Waals surface area contributed by atoms with Crippen LogP contribution in [0.4, 0.5) is 0 Å². The Morgan fingerprint density at radius 2 is 1.58 bits per heavy atom. The minimum Gasteiger partial charge on any atom is -0.541 e. The van der Waals surface area contributed by atoms with Crippen molar-refractivity contribution in [2.24, 2.45) is 62.1 Å². The van der Waals surface area contributed by atoms with E-state index < -0.39 is 5.41 Å². The Balaban J connectivity index is 0.00000336. The number of benzene rings is 1. The van der Waals surface area contributed by atoms with Crippen molar-refractivity contribution >= 4 is 23.9 Å². The fraction of sp³-hybridized carbons (Fsp3) is 0.745. The predicted molar refractivity (Wildman–Crippen MR) is 209 cm³/mol. The van der Waals surface area contributed by atoms with Crippen LogP contribution in [-0.4, -0.2) is 30.0 Å². The average Bonchev–Trinajstić information content (AvgIpc) is 3.40. The molecule has 6 rings (SSSR count). The third-order valence-electron chi connectivity index (χ3n) is 16.6. The number of amides is 1. The van der Waals surface area contributed by atoms with Crippen LogP contribution in [0.2, 0.25) is 0 Å². The first-order chi connectivity index (χ1) is 24.7. The first-order valence-corrected chi connectivity index (χ1v) is 20.8. The Morgan fingerprint density at radius 1 is 0.927 bits per heavy atom. The molecule has 8 heteroatoms. The number of fused-ring (bicyclic) bond motifs is 7. The molecule has 0 radical (unpaired) electrons. The summed E-state index contributed by atoms with van der Waals surface area (Å²) < 4.78 is 6.22. The van der Waals surface area contributed by atoms with Gasteiger partial charge in [0.1, 0.15) is 6.10 Å². The summed E-state index contributed by atoms with van der Waals surface area (Å²) in [6.07, 6.45) is 11.2. The zero-order valence-corrected chi connectivity index (χ0v) is 40.7. The number of hydrogen-bond donors (Lipinski definition) is 1. The van der Waals surface area contributed by atoms with Gasteiger partial charge in [-0.15, -0.1) is 11.0 Å². The average molecular weight is 962 g/mol. The van der Waals surface area contributed by atoms with E-state index in [9.17, 15) is 19.2 Å². The molecular weight excluding hydrogens is 895 g/mol. The Labute approximate surface area is 380 Å². The minimum absolute atomic E-state index is 0. The number of rotatable bonds is 10. The van der Waals surface area contributed by atoms with Gasteiger partial charge in [0, 0.05) is 98.9 Å². The second kappa shape index (κ2) is 16.8. The zero-order valence-electron chi connectivity index (χ0n) is 35.6. The molecule has 0 aliphatic heterocycles. The number of ketones is 1. The summed E-state index contributed by atoms with van der Waals surface area (Å²) in [5, 5.41) is 3.26. The third kappa shape index (κ3) is 7.90. The Kier molecular flexibility index (Phi) is 14.3. The normalized spacial score (nSPS) is 36.1. The molecule has 0 saturated heterocycles. The molecule has 0 bridgehead atoms. The number of carbonyl (C=O) groups is 3. The van der Waals surface area contributed by atoms with Crippen molar-refractivity contribution in [3.63, 3.8) is 0 Å². The monoisotopic (exact) mass is 963 g/mol. The van der Waals surface area contributed by atoms with Gasteiger partial charge < -0.3 is 14.8 Å². The van der Waals surface area contributed by atoms with Gasteiger partial charge in [0.25, 0.3) is 0 Å². The van der Waals surface area contributed by atoms with Crippen molar-refractivity contribution in [1.82, 2.24) is 5.32 Å². The van der Waals surface area contributed by atoms with Crippen LogP contribution in [0.1, 0.15) is 158 Å². The van der Waals surface area contributed by atoms with Gasteiger partial charge in [-0.2, -0.15) is 30.3 Å². The van der Waals surface area contributed by atoms with Gasteiger partial charge in [-0.25, -0.2) is 0 Å². The van der Waals surface area contributed by atoms with Crippen LogP contribution in [0.3, 0.4) is 0 Å². The second-order valence-corrected chi connectivity index (χ2v) is 20.6. The molecule has 4 fully saturated rings. The summed E-state index contributed by atoms with van der Waals surface area (Å²) >= 11 is 0. The summed E-state index contributed by atoms with van der Waals surface area (Å²) in [6, 6.07) is 10.8. The zero-order chi connectivity index (χ0) is 38.9. The molecule has 302 valence electrons. The summed E-state index contributed by atoms with van der Waals surface area (Å²) in [5.74, 6) is 1.57. The summed E-state index contributed by atoms with van der Waals surface area (Å²) in [4.78, 5) is 52.3. The molecule has 0 aromatic heterocycles. The van der Waals surface area contributed by atoms with Crippen LogP contribution in [0.25, 0.3) is 0 Å². The number of Topliss-reactive ketones (excluding diaryl/α,β-unsaturated/α-hetero) is 1. The largest absolute Gasteiger partial charge is 0.541 e. The molecule has 1 aromatic rings. The van der Waals surface area contributed by atoms with E-state index in [-0.39, 0.29) is 132 Å². The molecule has 1 N–H and O–H groups in total.